The quantitative estimate of drug-likeness (QED) is 0.776. The highest BCUT2D eigenvalue weighted by molar-refractivity contribution is 7.11. The van der Waals surface area contributed by atoms with Crippen LogP contribution in [0.1, 0.15) is 28.1 Å². The highest BCUT2D eigenvalue weighted by Crippen LogP contribution is 2.17. The number of aryl methyl sites for hydroxylation is 2. The molecule has 3 aromatic rings. The van der Waals surface area contributed by atoms with Crippen molar-refractivity contribution in [3.05, 3.63) is 57.7 Å². The van der Waals surface area contributed by atoms with Crippen molar-refractivity contribution in [2.24, 2.45) is 0 Å². The Morgan fingerprint density at radius 2 is 2.00 bits per heavy atom. The first-order valence-electron chi connectivity index (χ1n) is 6.99. The van der Waals surface area contributed by atoms with Gasteiger partial charge >= 0.3 is 0 Å². The topological polar surface area (TPSA) is 29.3 Å². The van der Waals surface area contributed by atoms with E-state index in [1.54, 1.807) is 0 Å². The Morgan fingerprint density at radius 1 is 1.15 bits per heavy atom. The second-order valence-corrected chi connectivity index (χ2v) is 6.15. The Kier molecular flexibility index (Phi) is 3.85. The fraction of sp³-hybridized carbons (Fsp3) is 0.312. The minimum atomic E-state index is 0.844. The van der Waals surface area contributed by atoms with E-state index in [1.807, 2.05) is 29.5 Å². The third kappa shape index (κ3) is 2.62. The lowest BCUT2D eigenvalue weighted by Crippen LogP contribution is -2.14. The molecular formula is C16H19N3S. The Bertz CT molecular complexity index is 711. The molecule has 20 heavy (non-hydrogen) atoms. The molecule has 0 aliphatic rings. The number of aromatic nitrogens is 2. The first-order valence-corrected chi connectivity index (χ1v) is 7.80. The molecule has 0 unspecified atom stereocenters. The van der Waals surface area contributed by atoms with Crippen molar-refractivity contribution in [1.82, 2.24) is 14.7 Å². The van der Waals surface area contributed by atoms with Gasteiger partial charge < -0.3 is 9.72 Å². The lowest BCUT2D eigenvalue weighted by atomic mass is 10.3. The highest BCUT2D eigenvalue weighted by Gasteiger charge is 2.07. The van der Waals surface area contributed by atoms with E-state index in [0.29, 0.717) is 0 Å². The summed E-state index contributed by atoms with van der Waals surface area (Å²) in [5, 5.41) is 3.52. The van der Waals surface area contributed by atoms with Gasteiger partial charge in [0.15, 0.2) is 0 Å². The summed E-state index contributed by atoms with van der Waals surface area (Å²) < 4.78 is 2.16. The standard InChI is InChI=1S/C16H19N3S/c1-3-13-7-8-14(20-13)10-17-11-15-12(2)18-16-6-4-5-9-19(15)16/h4-9,17H,3,10-11H2,1-2H3. The minimum absolute atomic E-state index is 0.844. The predicted molar refractivity (Wildman–Crippen MR) is 84.2 cm³/mol. The van der Waals surface area contributed by atoms with Gasteiger partial charge in [-0.15, -0.1) is 11.3 Å². The maximum absolute atomic E-state index is 4.58. The monoisotopic (exact) mass is 285 g/mol. The summed E-state index contributed by atoms with van der Waals surface area (Å²) in [6, 6.07) is 10.6. The SMILES string of the molecule is CCc1ccc(CNCc2c(C)nc3ccccn23)s1. The Labute approximate surface area is 123 Å². The number of rotatable bonds is 5. The van der Waals surface area contributed by atoms with Gasteiger partial charge in [0.2, 0.25) is 0 Å². The molecule has 0 aromatic carbocycles. The molecule has 4 heteroatoms. The van der Waals surface area contributed by atoms with Crippen LogP contribution < -0.4 is 5.32 Å². The zero-order valence-electron chi connectivity index (χ0n) is 11.9. The first kappa shape index (κ1) is 13.3. The lowest BCUT2D eigenvalue weighted by molar-refractivity contribution is 0.678. The smallest absolute Gasteiger partial charge is 0.137 e. The maximum atomic E-state index is 4.58. The van der Waals surface area contributed by atoms with Crippen LogP contribution in [0.2, 0.25) is 0 Å². The Hall–Kier alpha value is -1.65. The van der Waals surface area contributed by atoms with E-state index in [1.165, 1.54) is 15.4 Å². The summed E-state index contributed by atoms with van der Waals surface area (Å²) in [6.45, 7) is 6.04. The maximum Gasteiger partial charge on any atom is 0.137 e. The molecular weight excluding hydrogens is 266 g/mol. The van der Waals surface area contributed by atoms with Gasteiger partial charge in [0.05, 0.1) is 11.4 Å². The van der Waals surface area contributed by atoms with Gasteiger partial charge in [-0.3, -0.25) is 0 Å². The molecule has 3 nitrogen and oxygen atoms in total. The molecule has 0 amide bonds. The molecule has 104 valence electrons. The Morgan fingerprint density at radius 3 is 2.80 bits per heavy atom. The summed E-state index contributed by atoms with van der Waals surface area (Å²) in [5.41, 5.74) is 3.36. The number of hydrogen-bond donors (Lipinski definition) is 1. The van der Waals surface area contributed by atoms with Crippen LogP contribution in [-0.2, 0) is 19.5 Å². The molecule has 0 bridgehead atoms. The number of hydrogen-bond acceptors (Lipinski definition) is 3. The second kappa shape index (κ2) is 5.77. The number of thiophene rings is 1. The van der Waals surface area contributed by atoms with Crippen LogP contribution in [0, 0.1) is 6.92 Å². The molecule has 0 saturated carbocycles. The van der Waals surface area contributed by atoms with Gasteiger partial charge in [0, 0.05) is 29.0 Å². The van der Waals surface area contributed by atoms with Crippen molar-refractivity contribution < 1.29 is 0 Å². The van der Waals surface area contributed by atoms with Crippen LogP contribution in [0.4, 0.5) is 0 Å². The Balaban J connectivity index is 1.69. The third-order valence-corrected chi connectivity index (χ3v) is 4.72. The number of nitrogens with one attached hydrogen (secondary N) is 1. The predicted octanol–water partition coefficient (Wildman–Crippen LogP) is 3.56. The van der Waals surface area contributed by atoms with Crippen LogP contribution in [-0.4, -0.2) is 9.38 Å². The van der Waals surface area contributed by atoms with E-state index in [9.17, 15) is 0 Å². The van der Waals surface area contributed by atoms with E-state index in [2.05, 4.69) is 46.9 Å². The first-order chi connectivity index (χ1) is 9.78. The molecule has 3 aromatic heterocycles. The minimum Gasteiger partial charge on any atom is -0.306 e. The average molecular weight is 285 g/mol. The molecule has 0 fully saturated rings. The second-order valence-electron chi connectivity index (χ2n) is 4.90. The number of nitrogens with zero attached hydrogens (tertiary/aromatic N) is 2. The van der Waals surface area contributed by atoms with Crippen LogP contribution in [0.25, 0.3) is 5.65 Å². The van der Waals surface area contributed by atoms with E-state index in [0.717, 1.165) is 30.9 Å². The van der Waals surface area contributed by atoms with Crippen LogP contribution >= 0.6 is 11.3 Å². The number of fused-ring (bicyclic) bond motifs is 1. The van der Waals surface area contributed by atoms with Crippen molar-refractivity contribution in [3.63, 3.8) is 0 Å². The molecule has 0 saturated heterocycles. The number of pyridine rings is 1. The zero-order valence-corrected chi connectivity index (χ0v) is 12.7. The molecule has 3 heterocycles. The average Bonchev–Trinajstić information content (AvgIpc) is 3.04. The third-order valence-electron chi connectivity index (χ3n) is 3.49. The van der Waals surface area contributed by atoms with Gasteiger partial charge in [-0.2, -0.15) is 0 Å². The molecule has 0 spiro atoms. The van der Waals surface area contributed by atoms with Crippen molar-refractivity contribution in [1.29, 1.82) is 0 Å². The molecule has 0 atom stereocenters. The highest BCUT2D eigenvalue weighted by atomic mass is 32.1. The zero-order chi connectivity index (χ0) is 13.9. The van der Waals surface area contributed by atoms with E-state index in [4.69, 9.17) is 0 Å². The van der Waals surface area contributed by atoms with Crippen LogP contribution in [0.5, 0.6) is 0 Å². The van der Waals surface area contributed by atoms with Crippen LogP contribution in [0.3, 0.4) is 0 Å². The summed E-state index contributed by atoms with van der Waals surface area (Å²) >= 11 is 1.89. The molecule has 1 N–H and O–H groups in total. The van der Waals surface area contributed by atoms with Gasteiger partial charge in [-0.25, -0.2) is 4.98 Å². The van der Waals surface area contributed by atoms with Crippen molar-refractivity contribution in [2.75, 3.05) is 0 Å². The number of imidazole rings is 1. The van der Waals surface area contributed by atoms with Crippen molar-refractivity contribution >= 4 is 17.0 Å². The summed E-state index contributed by atoms with van der Waals surface area (Å²) in [5.74, 6) is 0. The van der Waals surface area contributed by atoms with Crippen molar-refractivity contribution in [3.8, 4) is 0 Å². The van der Waals surface area contributed by atoms with Crippen LogP contribution in [0.15, 0.2) is 36.5 Å². The summed E-state index contributed by atoms with van der Waals surface area (Å²) in [6.07, 6.45) is 3.20. The summed E-state index contributed by atoms with van der Waals surface area (Å²) in [4.78, 5) is 7.43. The van der Waals surface area contributed by atoms with E-state index in [-0.39, 0.29) is 0 Å². The van der Waals surface area contributed by atoms with Crippen molar-refractivity contribution in [2.45, 2.75) is 33.4 Å². The molecule has 3 rings (SSSR count). The largest absolute Gasteiger partial charge is 0.306 e. The van der Waals surface area contributed by atoms with Gasteiger partial charge in [0.1, 0.15) is 5.65 Å². The van der Waals surface area contributed by atoms with E-state index >= 15 is 0 Å². The fourth-order valence-electron chi connectivity index (χ4n) is 2.39. The normalized spacial score (nSPS) is 11.3. The van der Waals surface area contributed by atoms with Gasteiger partial charge in [0.25, 0.3) is 0 Å². The van der Waals surface area contributed by atoms with Gasteiger partial charge in [-0.1, -0.05) is 13.0 Å². The molecule has 0 radical (unpaired) electrons. The summed E-state index contributed by atoms with van der Waals surface area (Å²) in [7, 11) is 0. The van der Waals surface area contributed by atoms with E-state index < -0.39 is 0 Å². The lowest BCUT2D eigenvalue weighted by Gasteiger charge is -2.04. The fourth-order valence-corrected chi connectivity index (χ4v) is 3.32. The molecule has 0 aliphatic carbocycles. The van der Waals surface area contributed by atoms with Gasteiger partial charge in [-0.05, 0) is 37.6 Å². The molecule has 0 aliphatic heterocycles.